The van der Waals surface area contributed by atoms with Gasteiger partial charge < -0.3 is 19.7 Å². The van der Waals surface area contributed by atoms with Gasteiger partial charge in [-0.05, 0) is 31.2 Å². The number of fused-ring (bicyclic) bond motifs is 3. The summed E-state index contributed by atoms with van der Waals surface area (Å²) in [5.74, 6) is 1.19. The summed E-state index contributed by atoms with van der Waals surface area (Å²) in [6.45, 7) is 2.27. The molecule has 4 nitrogen and oxygen atoms in total. The Labute approximate surface area is 110 Å². The largest absolute Gasteiger partial charge is 0.507 e. The Morgan fingerprint density at radius 2 is 1.53 bits per heavy atom. The van der Waals surface area contributed by atoms with Crippen molar-refractivity contribution in [2.24, 2.45) is 0 Å². The van der Waals surface area contributed by atoms with Crippen LogP contribution >= 0.6 is 0 Å². The van der Waals surface area contributed by atoms with E-state index in [2.05, 4.69) is 0 Å². The summed E-state index contributed by atoms with van der Waals surface area (Å²) in [7, 11) is 0. The van der Waals surface area contributed by atoms with Crippen LogP contribution in [0.25, 0.3) is 11.1 Å². The van der Waals surface area contributed by atoms with Crippen molar-refractivity contribution in [3.63, 3.8) is 0 Å². The summed E-state index contributed by atoms with van der Waals surface area (Å²) >= 11 is 0. The highest BCUT2D eigenvalue weighted by molar-refractivity contribution is 5.85. The van der Waals surface area contributed by atoms with Gasteiger partial charge in [0, 0.05) is 0 Å². The van der Waals surface area contributed by atoms with Crippen molar-refractivity contribution in [3.8, 4) is 34.1 Å². The van der Waals surface area contributed by atoms with Gasteiger partial charge in [-0.25, -0.2) is 0 Å². The molecule has 0 aliphatic carbocycles. The van der Waals surface area contributed by atoms with Gasteiger partial charge in [0.25, 0.3) is 0 Å². The van der Waals surface area contributed by atoms with Crippen LogP contribution in [-0.2, 0) is 0 Å². The van der Waals surface area contributed by atoms with Crippen molar-refractivity contribution in [1.82, 2.24) is 0 Å². The van der Waals surface area contributed by atoms with Crippen LogP contribution in [0.1, 0.15) is 6.92 Å². The van der Waals surface area contributed by atoms with Crippen LogP contribution in [0.3, 0.4) is 0 Å². The number of aromatic hydroxyl groups is 2. The van der Waals surface area contributed by atoms with E-state index in [1.807, 2.05) is 6.92 Å². The van der Waals surface area contributed by atoms with Crippen molar-refractivity contribution in [2.45, 2.75) is 13.0 Å². The van der Waals surface area contributed by atoms with Crippen LogP contribution < -0.4 is 9.47 Å². The van der Waals surface area contributed by atoms with Gasteiger partial charge in [-0.2, -0.15) is 0 Å². The van der Waals surface area contributed by atoms with Crippen molar-refractivity contribution in [2.75, 3.05) is 6.61 Å². The lowest BCUT2D eigenvalue weighted by molar-refractivity contribution is 0.140. The summed E-state index contributed by atoms with van der Waals surface area (Å²) in [4.78, 5) is 0. The molecule has 1 aliphatic rings. The molecule has 98 valence electrons. The number of phenols is 2. The number of phenolic OH excluding ortho intramolecular Hbond substituents is 2. The fourth-order valence-electron chi connectivity index (χ4n) is 2.22. The second kappa shape index (κ2) is 4.39. The van der Waals surface area contributed by atoms with E-state index in [0.717, 1.165) is 0 Å². The quantitative estimate of drug-likeness (QED) is 0.762. The molecule has 1 atom stereocenters. The van der Waals surface area contributed by atoms with E-state index < -0.39 is 0 Å². The van der Waals surface area contributed by atoms with Crippen molar-refractivity contribution in [1.29, 1.82) is 0 Å². The van der Waals surface area contributed by atoms with Gasteiger partial charge in [0.05, 0.1) is 11.1 Å². The van der Waals surface area contributed by atoms with Gasteiger partial charge in [0.2, 0.25) is 0 Å². The van der Waals surface area contributed by atoms with Crippen LogP contribution in [0, 0.1) is 0 Å². The minimum Gasteiger partial charge on any atom is -0.507 e. The van der Waals surface area contributed by atoms with Crippen molar-refractivity contribution >= 4 is 0 Å². The first-order chi connectivity index (χ1) is 9.16. The van der Waals surface area contributed by atoms with Gasteiger partial charge in [0.1, 0.15) is 35.7 Å². The van der Waals surface area contributed by atoms with E-state index in [-0.39, 0.29) is 17.6 Å². The molecular formula is C15H14O4. The zero-order valence-electron chi connectivity index (χ0n) is 10.5. The molecule has 0 saturated heterocycles. The third kappa shape index (κ3) is 1.95. The first kappa shape index (κ1) is 11.7. The Bertz CT molecular complexity index is 622. The SMILES string of the molecule is C[C@@H]1COc2cccc(O)c2-c2c(O)cccc2O1. The summed E-state index contributed by atoms with van der Waals surface area (Å²) in [5, 5.41) is 20.1. The minimum atomic E-state index is -0.143. The van der Waals surface area contributed by atoms with E-state index in [0.29, 0.717) is 29.2 Å². The predicted molar refractivity (Wildman–Crippen MR) is 70.8 cm³/mol. The van der Waals surface area contributed by atoms with Crippen LogP contribution in [0.4, 0.5) is 0 Å². The molecule has 0 fully saturated rings. The first-order valence-corrected chi connectivity index (χ1v) is 6.10. The van der Waals surface area contributed by atoms with Crippen LogP contribution in [-0.4, -0.2) is 22.9 Å². The molecule has 0 saturated carbocycles. The summed E-state index contributed by atoms with van der Waals surface area (Å²) in [6, 6.07) is 10.1. The third-order valence-electron chi connectivity index (χ3n) is 3.06. The number of hydrogen-bond donors (Lipinski definition) is 2. The lowest BCUT2D eigenvalue weighted by atomic mass is 10.0. The Morgan fingerprint density at radius 3 is 2.21 bits per heavy atom. The highest BCUT2D eigenvalue weighted by Gasteiger charge is 2.23. The van der Waals surface area contributed by atoms with Gasteiger partial charge in [-0.1, -0.05) is 12.1 Å². The van der Waals surface area contributed by atoms with Gasteiger partial charge in [-0.3, -0.25) is 0 Å². The molecule has 0 unspecified atom stereocenters. The maximum absolute atomic E-state index is 10.1. The predicted octanol–water partition coefficient (Wildman–Crippen LogP) is 2.92. The lowest BCUT2D eigenvalue weighted by Gasteiger charge is -2.24. The molecule has 0 aromatic heterocycles. The molecule has 2 aromatic carbocycles. The Morgan fingerprint density at radius 1 is 0.947 bits per heavy atom. The van der Waals surface area contributed by atoms with Crippen molar-refractivity contribution in [3.05, 3.63) is 36.4 Å². The smallest absolute Gasteiger partial charge is 0.131 e. The number of hydrogen-bond acceptors (Lipinski definition) is 4. The van der Waals surface area contributed by atoms with Gasteiger partial charge >= 0.3 is 0 Å². The highest BCUT2D eigenvalue weighted by Crippen LogP contribution is 2.47. The molecule has 1 aliphatic heterocycles. The zero-order valence-corrected chi connectivity index (χ0v) is 10.5. The molecule has 0 spiro atoms. The van der Waals surface area contributed by atoms with Gasteiger partial charge in [-0.15, -0.1) is 0 Å². The van der Waals surface area contributed by atoms with E-state index in [1.165, 1.54) is 0 Å². The standard InChI is InChI=1S/C15H14O4/c1-9-8-18-12-6-2-4-10(16)14(12)15-11(17)5-3-7-13(15)19-9/h2-7,9,16-17H,8H2,1H3/t9-/m1/s1. The first-order valence-electron chi connectivity index (χ1n) is 6.10. The Kier molecular flexibility index (Phi) is 2.71. The monoisotopic (exact) mass is 258 g/mol. The number of benzene rings is 2. The molecule has 1 heterocycles. The molecule has 3 rings (SSSR count). The second-order valence-electron chi connectivity index (χ2n) is 4.54. The molecule has 0 bridgehead atoms. The molecule has 4 heteroatoms. The summed E-state index contributed by atoms with van der Waals surface area (Å²) < 4.78 is 11.4. The van der Waals surface area contributed by atoms with E-state index in [1.54, 1.807) is 36.4 Å². The average Bonchev–Trinajstić information content (AvgIpc) is 2.36. The lowest BCUT2D eigenvalue weighted by Crippen LogP contribution is -2.23. The summed E-state index contributed by atoms with van der Waals surface area (Å²) in [5.41, 5.74) is 0.921. The molecule has 0 radical (unpaired) electrons. The topological polar surface area (TPSA) is 58.9 Å². The van der Waals surface area contributed by atoms with Crippen LogP contribution in [0.2, 0.25) is 0 Å². The van der Waals surface area contributed by atoms with E-state index >= 15 is 0 Å². The van der Waals surface area contributed by atoms with Crippen LogP contribution in [0.5, 0.6) is 23.0 Å². The Hall–Kier alpha value is -2.36. The Balaban J connectivity index is 2.32. The number of rotatable bonds is 0. The van der Waals surface area contributed by atoms with Crippen LogP contribution in [0.15, 0.2) is 36.4 Å². The molecule has 2 aromatic rings. The maximum Gasteiger partial charge on any atom is 0.131 e. The van der Waals surface area contributed by atoms with E-state index in [9.17, 15) is 10.2 Å². The number of ether oxygens (including phenoxy) is 2. The molecular weight excluding hydrogens is 244 g/mol. The fraction of sp³-hybridized carbons (Fsp3) is 0.200. The molecule has 2 N–H and O–H groups in total. The average molecular weight is 258 g/mol. The fourth-order valence-corrected chi connectivity index (χ4v) is 2.22. The van der Waals surface area contributed by atoms with Gasteiger partial charge in [0.15, 0.2) is 0 Å². The van der Waals surface area contributed by atoms with E-state index in [4.69, 9.17) is 9.47 Å². The highest BCUT2D eigenvalue weighted by atomic mass is 16.5. The zero-order chi connectivity index (χ0) is 13.4. The van der Waals surface area contributed by atoms with Crippen molar-refractivity contribution < 1.29 is 19.7 Å². The molecule has 19 heavy (non-hydrogen) atoms. The summed E-state index contributed by atoms with van der Waals surface area (Å²) in [6.07, 6.45) is -0.143. The third-order valence-corrected chi connectivity index (χ3v) is 3.06. The second-order valence-corrected chi connectivity index (χ2v) is 4.54. The normalized spacial score (nSPS) is 17.2. The minimum absolute atomic E-state index is 0.0537. The molecule has 0 amide bonds. The maximum atomic E-state index is 10.1.